The summed E-state index contributed by atoms with van der Waals surface area (Å²) in [4.78, 5) is 30.8. The highest BCUT2D eigenvalue weighted by atomic mass is 16.2. The predicted octanol–water partition coefficient (Wildman–Crippen LogP) is 1.61. The van der Waals surface area contributed by atoms with Gasteiger partial charge in [-0.2, -0.15) is 0 Å². The number of hydrogen-bond donors (Lipinski definition) is 1. The largest absolute Gasteiger partial charge is 0.368 e. The summed E-state index contributed by atoms with van der Waals surface area (Å²) in [6, 6.07) is 5.76. The summed E-state index contributed by atoms with van der Waals surface area (Å²) in [6.07, 6.45) is 5.22. The normalized spacial score (nSPS) is 32.0. The van der Waals surface area contributed by atoms with Gasteiger partial charge < -0.3 is 5.32 Å². The van der Waals surface area contributed by atoms with Crippen LogP contribution in [0, 0.1) is 30.6 Å². The Labute approximate surface area is 129 Å². The van der Waals surface area contributed by atoms with Crippen LogP contribution in [0.3, 0.4) is 0 Å². The quantitative estimate of drug-likeness (QED) is 0.677. The molecule has 0 radical (unpaired) electrons. The number of rotatable bonds is 4. The van der Waals surface area contributed by atoms with Crippen molar-refractivity contribution in [2.24, 2.45) is 23.7 Å². The Kier molecular flexibility index (Phi) is 3.03. The van der Waals surface area contributed by atoms with Crippen LogP contribution in [0.5, 0.6) is 0 Å². The number of nitrogens with one attached hydrogen (secondary N) is 1. The summed E-state index contributed by atoms with van der Waals surface area (Å²) in [7, 11) is 0. The van der Waals surface area contributed by atoms with E-state index in [1.807, 2.05) is 25.1 Å². The van der Waals surface area contributed by atoms with Crippen molar-refractivity contribution in [1.82, 2.24) is 9.88 Å². The molecule has 1 N–H and O–H groups in total. The number of aromatic nitrogens is 1. The van der Waals surface area contributed by atoms with Gasteiger partial charge in [-0.15, -0.1) is 0 Å². The third kappa shape index (κ3) is 1.95. The van der Waals surface area contributed by atoms with E-state index in [0.29, 0.717) is 13.1 Å². The van der Waals surface area contributed by atoms with Gasteiger partial charge in [0.2, 0.25) is 11.8 Å². The smallest absolute Gasteiger partial charge is 0.233 e. The molecule has 0 aromatic carbocycles. The fourth-order valence-corrected chi connectivity index (χ4v) is 4.12. The minimum atomic E-state index is -0.0976. The van der Waals surface area contributed by atoms with Crippen LogP contribution >= 0.6 is 0 Å². The molecule has 4 rings (SSSR count). The number of carbonyl (C=O) groups is 2. The Morgan fingerprint density at radius 2 is 1.86 bits per heavy atom. The first kappa shape index (κ1) is 13.5. The van der Waals surface area contributed by atoms with Gasteiger partial charge in [-0.3, -0.25) is 14.5 Å². The van der Waals surface area contributed by atoms with Gasteiger partial charge in [-0.1, -0.05) is 18.2 Å². The number of fused-ring (bicyclic) bond motifs is 5. The van der Waals surface area contributed by atoms with Crippen molar-refractivity contribution in [3.05, 3.63) is 36.0 Å². The number of likely N-dealkylation sites (tertiary alicyclic amines) is 1. The first-order valence-corrected chi connectivity index (χ1v) is 7.86. The van der Waals surface area contributed by atoms with Gasteiger partial charge in [0, 0.05) is 18.8 Å². The zero-order valence-electron chi connectivity index (χ0n) is 12.5. The average Bonchev–Trinajstić information content (AvgIpc) is 3.16. The molecule has 22 heavy (non-hydrogen) atoms. The highest BCUT2D eigenvalue weighted by Crippen LogP contribution is 2.52. The van der Waals surface area contributed by atoms with Gasteiger partial charge >= 0.3 is 0 Å². The van der Waals surface area contributed by atoms with Gasteiger partial charge in [0.15, 0.2) is 0 Å². The van der Waals surface area contributed by atoms with Gasteiger partial charge in [0.25, 0.3) is 0 Å². The maximum absolute atomic E-state index is 12.5. The average molecular weight is 297 g/mol. The van der Waals surface area contributed by atoms with Crippen molar-refractivity contribution in [3.63, 3.8) is 0 Å². The van der Waals surface area contributed by atoms with E-state index in [-0.39, 0.29) is 35.5 Å². The van der Waals surface area contributed by atoms with E-state index >= 15 is 0 Å². The predicted molar refractivity (Wildman–Crippen MR) is 81.9 cm³/mol. The summed E-state index contributed by atoms with van der Waals surface area (Å²) in [5, 5.41) is 3.18. The summed E-state index contributed by atoms with van der Waals surface area (Å²) in [5.74, 6) is 1.18. The second-order valence-corrected chi connectivity index (χ2v) is 6.42. The zero-order valence-corrected chi connectivity index (χ0v) is 12.5. The first-order chi connectivity index (χ1) is 10.6. The molecule has 2 aliphatic carbocycles. The lowest BCUT2D eigenvalue weighted by Gasteiger charge is -2.17. The van der Waals surface area contributed by atoms with Gasteiger partial charge in [-0.05, 0) is 37.3 Å². The Hall–Kier alpha value is -2.17. The number of imide groups is 1. The Morgan fingerprint density at radius 1 is 1.18 bits per heavy atom. The van der Waals surface area contributed by atoms with Crippen LogP contribution in [0.25, 0.3) is 0 Å². The number of hydrogen-bond acceptors (Lipinski definition) is 4. The van der Waals surface area contributed by atoms with Crippen LogP contribution in [0.15, 0.2) is 30.4 Å². The van der Waals surface area contributed by atoms with Crippen molar-refractivity contribution >= 4 is 17.6 Å². The van der Waals surface area contributed by atoms with E-state index in [1.165, 1.54) is 4.90 Å². The molecule has 0 spiro atoms. The lowest BCUT2D eigenvalue weighted by atomic mass is 9.85. The molecule has 2 bridgehead atoms. The van der Waals surface area contributed by atoms with Crippen molar-refractivity contribution in [3.8, 4) is 0 Å². The molecule has 1 aromatic heterocycles. The third-order valence-corrected chi connectivity index (χ3v) is 5.09. The molecule has 2 amide bonds. The molecule has 2 fully saturated rings. The van der Waals surface area contributed by atoms with Crippen LogP contribution in [0.2, 0.25) is 0 Å². The van der Waals surface area contributed by atoms with Crippen molar-refractivity contribution in [2.45, 2.75) is 13.3 Å². The maximum atomic E-state index is 12.5. The van der Waals surface area contributed by atoms with E-state index in [9.17, 15) is 9.59 Å². The minimum Gasteiger partial charge on any atom is -0.368 e. The Balaban J connectivity index is 1.40. The lowest BCUT2D eigenvalue weighted by molar-refractivity contribution is -0.140. The molecule has 114 valence electrons. The Bertz CT molecular complexity index is 640. The monoisotopic (exact) mass is 297 g/mol. The van der Waals surface area contributed by atoms with Crippen LogP contribution in [0.1, 0.15) is 12.1 Å². The lowest BCUT2D eigenvalue weighted by Crippen LogP contribution is -2.36. The van der Waals surface area contributed by atoms with E-state index in [0.717, 1.165) is 17.9 Å². The molecular weight excluding hydrogens is 278 g/mol. The fraction of sp³-hybridized carbons (Fsp3) is 0.471. The maximum Gasteiger partial charge on any atom is 0.233 e. The highest BCUT2D eigenvalue weighted by Gasteiger charge is 2.58. The molecule has 1 aromatic rings. The molecule has 4 atom stereocenters. The summed E-state index contributed by atoms with van der Waals surface area (Å²) >= 11 is 0. The van der Waals surface area contributed by atoms with Crippen molar-refractivity contribution < 1.29 is 9.59 Å². The van der Waals surface area contributed by atoms with Crippen molar-refractivity contribution in [1.29, 1.82) is 0 Å². The van der Waals surface area contributed by atoms with E-state index in [1.54, 1.807) is 0 Å². The topological polar surface area (TPSA) is 62.3 Å². The molecule has 1 saturated carbocycles. The molecule has 2 heterocycles. The summed E-state index contributed by atoms with van der Waals surface area (Å²) in [6.45, 7) is 2.89. The number of anilines is 1. The fourth-order valence-electron chi connectivity index (χ4n) is 4.12. The number of aryl methyl sites for hydroxylation is 1. The SMILES string of the molecule is Cc1cccc(NCCN2C(=O)[C@@H]3[C@H](C2=O)[C@H]2C=C[C@H]3C2)n1. The minimum absolute atomic E-state index is 0.0193. The molecule has 3 aliphatic rings. The van der Waals surface area contributed by atoms with Crippen molar-refractivity contribution in [2.75, 3.05) is 18.4 Å². The first-order valence-electron chi connectivity index (χ1n) is 7.86. The van der Waals surface area contributed by atoms with Crippen LogP contribution in [-0.4, -0.2) is 34.8 Å². The number of carbonyl (C=O) groups excluding carboxylic acids is 2. The van der Waals surface area contributed by atoms with E-state index in [2.05, 4.69) is 22.5 Å². The van der Waals surface area contributed by atoms with Crippen LogP contribution in [-0.2, 0) is 9.59 Å². The standard InChI is InChI=1S/C17H19N3O2/c1-10-3-2-4-13(19-10)18-7-8-20-16(21)14-11-5-6-12(9-11)15(14)17(20)22/h2-6,11-12,14-15H,7-9H2,1H3,(H,18,19)/t11-,12-,14-,15+/m0/s1. The summed E-state index contributed by atoms with van der Waals surface area (Å²) < 4.78 is 0. The van der Waals surface area contributed by atoms with E-state index in [4.69, 9.17) is 0 Å². The van der Waals surface area contributed by atoms with Gasteiger partial charge in [-0.25, -0.2) is 4.98 Å². The van der Waals surface area contributed by atoms with Gasteiger partial charge in [0.05, 0.1) is 11.8 Å². The zero-order chi connectivity index (χ0) is 15.3. The molecule has 0 unspecified atom stereocenters. The highest BCUT2D eigenvalue weighted by molar-refractivity contribution is 6.06. The summed E-state index contributed by atoms with van der Waals surface area (Å²) in [5.41, 5.74) is 0.940. The molecule has 5 nitrogen and oxygen atoms in total. The number of nitrogens with zero attached hydrogens (tertiary/aromatic N) is 2. The number of amides is 2. The van der Waals surface area contributed by atoms with Crippen LogP contribution < -0.4 is 5.32 Å². The molecule has 1 saturated heterocycles. The number of allylic oxidation sites excluding steroid dienone is 2. The van der Waals surface area contributed by atoms with E-state index < -0.39 is 0 Å². The van der Waals surface area contributed by atoms with Gasteiger partial charge in [0.1, 0.15) is 5.82 Å². The van der Waals surface area contributed by atoms with Crippen LogP contribution in [0.4, 0.5) is 5.82 Å². The second-order valence-electron chi connectivity index (χ2n) is 6.42. The molecule has 1 aliphatic heterocycles. The molecular formula is C17H19N3O2. The second kappa shape index (κ2) is 4.93. The molecule has 5 heteroatoms. The number of pyridine rings is 1. The third-order valence-electron chi connectivity index (χ3n) is 5.09. The Morgan fingerprint density at radius 3 is 2.50 bits per heavy atom.